The summed E-state index contributed by atoms with van der Waals surface area (Å²) in [5.41, 5.74) is 4.20. The zero-order chi connectivity index (χ0) is 17.6. The molecule has 2 aromatic rings. The number of nitrogens with zero attached hydrogens (tertiary/aromatic N) is 3. The number of nitrogens with one attached hydrogen (secondary N) is 1. The van der Waals surface area contributed by atoms with Gasteiger partial charge in [0.15, 0.2) is 0 Å². The summed E-state index contributed by atoms with van der Waals surface area (Å²) in [6.45, 7) is 6.36. The largest absolute Gasteiger partial charge is 0.379 e. The zero-order valence-corrected chi connectivity index (χ0v) is 15.4. The lowest BCUT2D eigenvalue weighted by molar-refractivity contribution is -0.0742. The van der Waals surface area contributed by atoms with Crippen LogP contribution in [0.25, 0.3) is 0 Å². The van der Waals surface area contributed by atoms with Crippen LogP contribution in [0.4, 0.5) is 0 Å². The molecule has 3 heterocycles. The van der Waals surface area contributed by atoms with E-state index in [1.807, 2.05) is 17.0 Å². The van der Waals surface area contributed by atoms with E-state index in [-0.39, 0.29) is 18.1 Å². The number of rotatable bonds is 7. The van der Waals surface area contributed by atoms with Gasteiger partial charge < -0.3 is 14.8 Å². The van der Waals surface area contributed by atoms with Crippen molar-refractivity contribution in [1.29, 1.82) is 0 Å². The second-order valence-electron chi connectivity index (χ2n) is 6.14. The van der Waals surface area contributed by atoms with Crippen LogP contribution in [0.1, 0.15) is 41.5 Å². The third-order valence-electron chi connectivity index (χ3n) is 4.33. The summed E-state index contributed by atoms with van der Waals surface area (Å²) in [5.74, 6) is -0.103. The SMILES string of the molecule is CCCn1ncc(C(=O)N[C@@H]2CCOC[C@H]2OCc2cscn2)c1C. The highest BCUT2D eigenvalue weighted by Crippen LogP contribution is 2.16. The highest BCUT2D eigenvalue weighted by molar-refractivity contribution is 7.07. The van der Waals surface area contributed by atoms with Gasteiger partial charge >= 0.3 is 0 Å². The van der Waals surface area contributed by atoms with E-state index in [2.05, 4.69) is 22.3 Å². The second-order valence-corrected chi connectivity index (χ2v) is 6.86. The summed E-state index contributed by atoms with van der Waals surface area (Å²) in [5, 5.41) is 9.36. The van der Waals surface area contributed by atoms with Crippen molar-refractivity contribution in [2.75, 3.05) is 13.2 Å². The maximum absolute atomic E-state index is 12.7. The van der Waals surface area contributed by atoms with Crippen molar-refractivity contribution in [2.45, 2.75) is 52.0 Å². The lowest BCUT2D eigenvalue weighted by Crippen LogP contribution is -2.50. The average molecular weight is 364 g/mol. The fraction of sp³-hybridized carbons (Fsp3) is 0.588. The van der Waals surface area contributed by atoms with Crippen molar-refractivity contribution >= 4 is 17.2 Å². The highest BCUT2D eigenvalue weighted by atomic mass is 32.1. The number of carbonyl (C=O) groups is 1. The molecule has 1 fully saturated rings. The third kappa shape index (κ3) is 4.45. The highest BCUT2D eigenvalue weighted by Gasteiger charge is 2.29. The van der Waals surface area contributed by atoms with Gasteiger partial charge in [0, 0.05) is 24.2 Å². The zero-order valence-electron chi connectivity index (χ0n) is 14.6. The summed E-state index contributed by atoms with van der Waals surface area (Å²) in [6, 6.07) is -0.0752. The Morgan fingerprint density at radius 2 is 2.44 bits per heavy atom. The molecule has 25 heavy (non-hydrogen) atoms. The van der Waals surface area contributed by atoms with E-state index < -0.39 is 0 Å². The molecule has 1 aliphatic rings. The quantitative estimate of drug-likeness (QED) is 0.815. The molecule has 0 aromatic carbocycles. The van der Waals surface area contributed by atoms with Crippen molar-refractivity contribution in [3.63, 3.8) is 0 Å². The van der Waals surface area contributed by atoms with Gasteiger partial charge in [-0.05, 0) is 19.8 Å². The number of ether oxygens (including phenoxy) is 2. The minimum Gasteiger partial charge on any atom is -0.379 e. The molecular weight excluding hydrogens is 340 g/mol. The smallest absolute Gasteiger partial charge is 0.255 e. The van der Waals surface area contributed by atoms with Gasteiger partial charge in [0.2, 0.25) is 0 Å². The Balaban J connectivity index is 1.61. The van der Waals surface area contributed by atoms with E-state index >= 15 is 0 Å². The normalized spacial score (nSPS) is 20.6. The van der Waals surface area contributed by atoms with Crippen molar-refractivity contribution in [3.8, 4) is 0 Å². The first-order chi connectivity index (χ1) is 12.2. The van der Waals surface area contributed by atoms with Crippen LogP contribution < -0.4 is 5.32 Å². The van der Waals surface area contributed by atoms with Gasteiger partial charge in [-0.15, -0.1) is 11.3 Å². The second kappa shape index (κ2) is 8.55. The molecule has 0 unspecified atom stereocenters. The summed E-state index contributed by atoms with van der Waals surface area (Å²) in [7, 11) is 0. The molecule has 3 rings (SSSR count). The predicted molar refractivity (Wildman–Crippen MR) is 94.6 cm³/mol. The van der Waals surface area contributed by atoms with E-state index in [1.165, 1.54) is 0 Å². The van der Waals surface area contributed by atoms with Crippen molar-refractivity contribution in [2.24, 2.45) is 0 Å². The molecule has 2 aromatic heterocycles. The Hall–Kier alpha value is -1.77. The van der Waals surface area contributed by atoms with E-state index in [1.54, 1.807) is 23.0 Å². The standard InChI is InChI=1S/C17H24N4O3S/c1-3-5-21-12(2)14(7-19-21)17(22)20-15-4-6-23-9-16(15)24-8-13-10-25-11-18-13/h7,10-11,15-16H,3-6,8-9H2,1-2H3,(H,20,22)/t15-,16-/m1/s1. The van der Waals surface area contributed by atoms with E-state index in [0.29, 0.717) is 25.4 Å². The number of thiazole rings is 1. The van der Waals surface area contributed by atoms with Gasteiger partial charge in [-0.25, -0.2) is 4.98 Å². The van der Waals surface area contributed by atoms with Crippen LogP contribution >= 0.6 is 11.3 Å². The molecule has 0 radical (unpaired) electrons. The summed E-state index contributed by atoms with van der Waals surface area (Å²) < 4.78 is 13.3. The van der Waals surface area contributed by atoms with Crippen LogP contribution in [0.5, 0.6) is 0 Å². The van der Waals surface area contributed by atoms with Crippen LogP contribution in [0.2, 0.25) is 0 Å². The van der Waals surface area contributed by atoms with Gasteiger partial charge in [-0.1, -0.05) is 6.92 Å². The number of aromatic nitrogens is 3. The molecular formula is C17H24N4O3S. The van der Waals surface area contributed by atoms with E-state index in [0.717, 1.165) is 30.8 Å². The molecule has 2 atom stereocenters. The Bertz CT molecular complexity index is 686. The molecule has 8 heteroatoms. The van der Waals surface area contributed by atoms with Crippen LogP contribution in [0.15, 0.2) is 17.1 Å². The number of hydrogen-bond donors (Lipinski definition) is 1. The first kappa shape index (κ1) is 18.0. The van der Waals surface area contributed by atoms with Gasteiger partial charge in [0.05, 0.1) is 42.2 Å². The maximum Gasteiger partial charge on any atom is 0.255 e. The fourth-order valence-corrected chi connectivity index (χ4v) is 3.44. The average Bonchev–Trinajstić information content (AvgIpc) is 3.25. The minimum atomic E-state index is -0.176. The lowest BCUT2D eigenvalue weighted by Gasteiger charge is -2.31. The Labute approximate surface area is 151 Å². The molecule has 1 aliphatic heterocycles. The molecule has 1 amide bonds. The van der Waals surface area contributed by atoms with Crippen LogP contribution in [-0.2, 0) is 22.6 Å². The summed E-state index contributed by atoms with van der Waals surface area (Å²) in [4.78, 5) is 16.9. The molecule has 7 nitrogen and oxygen atoms in total. The summed E-state index contributed by atoms with van der Waals surface area (Å²) in [6.07, 6.45) is 3.18. The minimum absolute atomic E-state index is 0.0752. The molecule has 1 saturated heterocycles. The molecule has 0 bridgehead atoms. The van der Waals surface area contributed by atoms with Crippen molar-refractivity contribution in [1.82, 2.24) is 20.1 Å². The maximum atomic E-state index is 12.7. The van der Waals surface area contributed by atoms with Gasteiger partial charge in [0.25, 0.3) is 5.91 Å². The first-order valence-electron chi connectivity index (χ1n) is 8.58. The van der Waals surface area contributed by atoms with E-state index in [9.17, 15) is 4.79 Å². The topological polar surface area (TPSA) is 78.3 Å². The molecule has 0 aliphatic carbocycles. The number of carbonyl (C=O) groups excluding carboxylic acids is 1. The molecule has 1 N–H and O–H groups in total. The summed E-state index contributed by atoms with van der Waals surface area (Å²) >= 11 is 1.54. The van der Waals surface area contributed by atoms with Gasteiger partial charge in [-0.3, -0.25) is 9.48 Å². The monoisotopic (exact) mass is 364 g/mol. The predicted octanol–water partition coefficient (Wildman–Crippen LogP) is 2.16. The molecule has 0 spiro atoms. The van der Waals surface area contributed by atoms with Gasteiger partial charge in [-0.2, -0.15) is 5.10 Å². The fourth-order valence-electron chi connectivity index (χ4n) is 2.90. The van der Waals surface area contributed by atoms with Crippen LogP contribution in [0.3, 0.4) is 0 Å². The van der Waals surface area contributed by atoms with Gasteiger partial charge in [0.1, 0.15) is 6.10 Å². The first-order valence-corrected chi connectivity index (χ1v) is 9.53. The van der Waals surface area contributed by atoms with Crippen molar-refractivity contribution in [3.05, 3.63) is 34.0 Å². The number of amides is 1. The molecule has 136 valence electrons. The Morgan fingerprint density at radius 3 is 3.20 bits per heavy atom. The number of hydrogen-bond acceptors (Lipinski definition) is 6. The third-order valence-corrected chi connectivity index (χ3v) is 4.97. The number of aryl methyl sites for hydroxylation is 1. The van der Waals surface area contributed by atoms with E-state index in [4.69, 9.17) is 9.47 Å². The Morgan fingerprint density at radius 1 is 1.56 bits per heavy atom. The molecule has 0 saturated carbocycles. The Kier molecular flexibility index (Phi) is 6.17. The van der Waals surface area contributed by atoms with Crippen molar-refractivity contribution < 1.29 is 14.3 Å². The lowest BCUT2D eigenvalue weighted by atomic mass is 10.1. The van der Waals surface area contributed by atoms with Crippen LogP contribution in [-0.4, -0.2) is 46.0 Å². The van der Waals surface area contributed by atoms with Crippen LogP contribution in [0, 0.1) is 6.92 Å².